The number of aromatic nitrogens is 2. The van der Waals surface area contributed by atoms with Crippen molar-refractivity contribution in [1.29, 1.82) is 0 Å². The summed E-state index contributed by atoms with van der Waals surface area (Å²) in [6, 6.07) is 1.85. The highest BCUT2D eigenvalue weighted by Gasteiger charge is 2.18. The van der Waals surface area contributed by atoms with Crippen molar-refractivity contribution in [2.75, 3.05) is 0 Å². The number of nitrogens with one attached hydrogen (secondary N) is 1. The number of carbonyl (C=O) groups is 1. The summed E-state index contributed by atoms with van der Waals surface area (Å²) in [4.78, 5) is 11.9. The molecule has 88 valence electrons. The first-order chi connectivity index (χ1) is 7.54. The molecular weight excluding hydrogens is 224 g/mol. The van der Waals surface area contributed by atoms with E-state index in [1.165, 1.54) is 0 Å². The van der Waals surface area contributed by atoms with Gasteiger partial charge >= 0.3 is 0 Å². The second-order valence-electron chi connectivity index (χ2n) is 3.56. The van der Waals surface area contributed by atoms with Crippen molar-refractivity contribution in [1.82, 2.24) is 15.1 Å². The zero-order valence-corrected chi connectivity index (χ0v) is 10.3. The summed E-state index contributed by atoms with van der Waals surface area (Å²) in [5.74, 6) is -0.528. The molecule has 1 atom stereocenters. The van der Waals surface area contributed by atoms with Gasteiger partial charge in [0.05, 0.1) is 23.1 Å². The minimum atomic E-state index is -0.390. The summed E-state index contributed by atoms with van der Waals surface area (Å²) in [5, 5.41) is 6.91. The van der Waals surface area contributed by atoms with Crippen LogP contribution in [0.5, 0.6) is 0 Å². The van der Waals surface area contributed by atoms with Crippen molar-refractivity contribution in [2.45, 2.75) is 19.9 Å². The van der Waals surface area contributed by atoms with Gasteiger partial charge < -0.3 is 11.1 Å². The van der Waals surface area contributed by atoms with E-state index >= 15 is 0 Å². The molecule has 1 unspecified atom stereocenters. The van der Waals surface area contributed by atoms with Crippen molar-refractivity contribution in [3.8, 4) is 0 Å². The molecule has 1 heterocycles. The summed E-state index contributed by atoms with van der Waals surface area (Å²) in [5.41, 5.74) is 6.29. The van der Waals surface area contributed by atoms with Crippen LogP contribution in [-0.4, -0.2) is 20.7 Å². The van der Waals surface area contributed by atoms with Crippen LogP contribution in [0.1, 0.15) is 19.0 Å². The SMILES string of the molecule is CCC(C(=O)NCc1ccn(C)n1)C(N)=S. The topological polar surface area (TPSA) is 72.9 Å². The monoisotopic (exact) mass is 240 g/mol. The summed E-state index contributed by atoms with van der Waals surface area (Å²) in [7, 11) is 1.83. The Kier molecular flexibility index (Phi) is 4.42. The second-order valence-corrected chi connectivity index (χ2v) is 4.03. The molecular formula is C10H16N4OS. The maximum Gasteiger partial charge on any atom is 0.230 e. The number of aryl methyl sites for hydroxylation is 1. The lowest BCUT2D eigenvalue weighted by atomic mass is 10.1. The smallest absolute Gasteiger partial charge is 0.230 e. The molecule has 1 aromatic heterocycles. The highest BCUT2D eigenvalue weighted by Crippen LogP contribution is 2.03. The first kappa shape index (κ1) is 12.6. The van der Waals surface area contributed by atoms with Gasteiger partial charge in [-0.1, -0.05) is 19.1 Å². The van der Waals surface area contributed by atoms with Gasteiger partial charge in [0.15, 0.2) is 0 Å². The molecule has 1 amide bonds. The highest BCUT2D eigenvalue weighted by molar-refractivity contribution is 7.80. The van der Waals surface area contributed by atoms with Crippen LogP contribution in [0.4, 0.5) is 0 Å². The lowest BCUT2D eigenvalue weighted by Crippen LogP contribution is -2.37. The van der Waals surface area contributed by atoms with Gasteiger partial charge in [0, 0.05) is 13.2 Å². The Bertz CT molecular complexity index is 388. The van der Waals surface area contributed by atoms with Gasteiger partial charge in [-0.2, -0.15) is 5.10 Å². The van der Waals surface area contributed by atoms with Gasteiger partial charge in [-0.3, -0.25) is 9.48 Å². The van der Waals surface area contributed by atoms with Gasteiger partial charge in [0.2, 0.25) is 5.91 Å². The van der Waals surface area contributed by atoms with Crippen LogP contribution in [0.15, 0.2) is 12.3 Å². The van der Waals surface area contributed by atoms with Crippen LogP contribution in [0.3, 0.4) is 0 Å². The summed E-state index contributed by atoms with van der Waals surface area (Å²) in [6.07, 6.45) is 2.44. The van der Waals surface area contributed by atoms with Gasteiger partial charge in [0.1, 0.15) is 0 Å². The van der Waals surface area contributed by atoms with E-state index in [0.29, 0.717) is 13.0 Å². The Labute approximate surface area is 100 Å². The number of amides is 1. The van der Waals surface area contributed by atoms with E-state index in [4.69, 9.17) is 18.0 Å². The normalized spacial score (nSPS) is 12.1. The fraction of sp³-hybridized carbons (Fsp3) is 0.500. The van der Waals surface area contributed by atoms with Gasteiger partial charge in [-0.15, -0.1) is 0 Å². The number of carbonyl (C=O) groups excluding carboxylic acids is 1. The molecule has 0 saturated carbocycles. The first-order valence-corrected chi connectivity index (χ1v) is 5.51. The molecule has 0 aliphatic carbocycles. The number of thiocarbonyl (C=S) groups is 1. The molecule has 0 spiro atoms. The summed E-state index contributed by atoms with van der Waals surface area (Å²) in [6.45, 7) is 2.28. The van der Waals surface area contributed by atoms with Crippen molar-refractivity contribution in [2.24, 2.45) is 18.7 Å². The van der Waals surface area contributed by atoms with Gasteiger partial charge in [0.25, 0.3) is 0 Å². The lowest BCUT2D eigenvalue weighted by Gasteiger charge is -2.12. The molecule has 0 aromatic carbocycles. The zero-order chi connectivity index (χ0) is 12.1. The van der Waals surface area contributed by atoms with Crippen LogP contribution in [-0.2, 0) is 18.4 Å². The Balaban J connectivity index is 2.49. The number of rotatable bonds is 5. The number of nitrogens with zero attached hydrogens (tertiary/aromatic N) is 2. The zero-order valence-electron chi connectivity index (χ0n) is 9.43. The van der Waals surface area contributed by atoms with Crippen LogP contribution in [0.25, 0.3) is 0 Å². The average Bonchev–Trinajstić information content (AvgIpc) is 2.62. The molecule has 1 rings (SSSR count). The predicted molar refractivity (Wildman–Crippen MR) is 65.6 cm³/mol. The fourth-order valence-corrected chi connectivity index (χ4v) is 1.65. The molecule has 3 N–H and O–H groups in total. The van der Waals surface area contributed by atoms with Crippen molar-refractivity contribution in [3.05, 3.63) is 18.0 Å². The van der Waals surface area contributed by atoms with Crippen LogP contribution in [0.2, 0.25) is 0 Å². The molecule has 16 heavy (non-hydrogen) atoms. The Hall–Kier alpha value is -1.43. The van der Waals surface area contributed by atoms with Crippen LogP contribution >= 0.6 is 12.2 Å². The molecule has 0 radical (unpaired) electrons. The Morgan fingerprint density at radius 3 is 2.88 bits per heavy atom. The molecule has 5 nitrogen and oxygen atoms in total. The summed E-state index contributed by atoms with van der Waals surface area (Å²) >= 11 is 4.82. The Morgan fingerprint density at radius 2 is 2.44 bits per heavy atom. The summed E-state index contributed by atoms with van der Waals surface area (Å²) < 4.78 is 1.69. The molecule has 0 aliphatic rings. The van der Waals surface area contributed by atoms with Gasteiger partial charge in [-0.25, -0.2) is 0 Å². The van der Waals surface area contributed by atoms with Crippen molar-refractivity contribution < 1.29 is 4.79 Å². The minimum Gasteiger partial charge on any atom is -0.393 e. The predicted octanol–water partition coefficient (Wildman–Crippen LogP) is 0.349. The Morgan fingerprint density at radius 1 is 1.75 bits per heavy atom. The first-order valence-electron chi connectivity index (χ1n) is 5.10. The van der Waals surface area contributed by atoms with E-state index in [1.54, 1.807) is 4.68 Å². The van der Waals surface area contributed by atoms with E-state index in [1.807, 2.05) is 26.2 Å². The lowest BCUT2D eigenvalue weighted by molar-refractivity contribution is -0.123. The fourth-order valence-electron chi connectivity index (χ4n) is 1.37. The molecule has 0 aliphatic heterocycles. The maximum absolute atomic E-state index is 11.7. The van der Waals surface area contributed by atoms with Crippen LogP contribution < -0.4 is 11.1 Å². The van der Waals surface area contributed by atoms with Crippen molar-refractivity contribution in [3.63, 3.8) is 0 Å². The van der Waals surface area contributed by atoms with E-state index in [9.17, 15) is 4.79 Å². The maximum atomic E-state index is 11.7. The third-order valence-electron chi connectivity index (χ3n) is 2.28. The van der Waals surface area contributed by atoms with E-state index in [0.717, 1.165) is 5.69 Å². The number of nitrogens with two attached hydrogens (primary N) is 1. The number of hydrogen-bond donors (Lipinski definition) is 2. The molecule has 0 bridgehead atoms. The number of hydrogen-bond acceptors (Lipinski definition) is 3. The third-order valence-corrected chi connectivity index (χ3v) is 2.57. The molecule has 0 fully saturated rings. The minimum absolute atomic E-state index is 0.138. The standard InChI is InChI=1S/C10H16N4OS/c1-3-8(9(11)16)10(15)12-6-7-4-5-14(2)13-7/h4-5,8H,3,6H2,1-2H3,(H2,11,16)(H,12,15). The van der Waals surface area contributed by atoms with Gasteiger partial charge in [-0.05, 0) is 12.5 Å². The van der Waals surface area contributed by atoms with E-state index in [-0.39, 0.29) is 10.9 Å². The van der Waals surface area contributed by atoms with E-state index < -0.39 is 5.92 Å². The molecule has 1 aromatic rings. The quantitative estimate of drug-likeness (QED) is 0.728. The third kappa shape index (κ3) is 3.30. The van der Waals surface area contributed by atoms with Crippen molar-refractivity contribution >= 4 is 23.1 Å². The molecule has 0 saturated heterocycles. The van der Waals surface area contributed by atoms with E-state index in [2.05, 4.69) is 10.4 Å². The highest BCUT2D eigenvalue weighted by atomic mass is 32.1. The largest absolute Gasteiger partial charge is 0.393 e. The van der Waals surface area contributed by atoms with Crippen LogP contribution in [0, 0.1) is 5.92 Å². The average molecular weight is 240 g/mol. The molecule has 6 heteroatoms. The second kappa shape index (κ2) is 5.60.